The molecule has 2 N–H and O–H groups in total. The van der Waals surface area contributed by atoms with Gasteiger partial charge in [-0.05, 0) is 31.5 Å². The summed E-state index contributed by atoms with van der Waals surface area (Å²) in [6.45, 7) is 4.34. The molecular formula is C13H16ClNO2. The Morgan fingerprint density at radius 1 is 1.59 bits per heavy atom. The number of rotatable bonds is 5. The smallest absolute Gasteiger partial charge is 0.328 e. The van der Waals surface area contributed by atoms with Crippen molar-refractivity contribution in [3.8, 4) is 0 Å². The minimum absolute atomic E-state index is 0.130. The Kier molecular flexibility index (Phi) is 5.19. The normalized spacial score (nSPS) is 13.5. The molecule has 92 valence electrons. The summed E-state index contributed by atoms with van der Waals surface area (Å²) in [6.07, 6.45) is 1.21. The largest absolute Gasteiger partial charge is 0.478 e. The van der Waals surface area contributed by atoms with Gasteiger partial charge in [0, 0.05) is 23.7 Å². The van der Waals surface area contributed by atoms with E-state index in [2.05, 4.69) is 5.32 Å². The highest BCUT2D eigenvalue weighted by Crippen LogP contribution is 2.17. The molecule has 0 amide bonds. The van der Waals surface area contributed by atoms with Crippen molar-refractivity contribution >= 4 is 17.6 Å². The Morgan fingerprint density at radius 3 is 2.88 bits per heavy atom. The lowest BCUT2D eigenvalue weighted by atomic mass is 10.1. The fourth-order valence-corrected chi connectivity index (χ4v) is 1.67. The zero-order valence-corrected chi connectivity index (χ0v) is 10.7. The number of carboxylic acid groups (broad SMARTS) is 1. The van der Waals surface area contributed by atoms with E-state index in [0.29, 0.717) is 11.6 Å². The number of nitrogens with one attached hydrogen (secondary N) is 1. The fourth-order valence-electron chi connectivity index (χ4n) is 1.47. The van der Waals surface area contributed by atoms with Crippen molar-refractivity contribution in [1.82, 2.24) is 5.32 Å². The van der Waals surface area contributed by atoms with E-state index in [1.807, 2.05) is 31.2 Å². The molecular weight excluding hydrogens is 238 g/mol. The highest BCUT2D eigenvalue weighted by molar-refractivity contribution is 6.30. The van der Waals surface area contributed by atoms with E-state index in [0.717, 1.165) is 11.1 Å². The zero-order chi connectivity index (χ0) is 12.8. The number of carbonyl (C=O) groups is 1. The van der Waals surface area contributed by atoms with Crippen LogP contribution in [0.25, 0.3) is 0 Å². The van der Waals surface area contributed by atoms with E-state index in [1.54, 1.807) is 6.92 Å². The minimum atomic E-state index is -0.917. The van der Waals surface area contributed by atoms with Crippen molar-refractivity contribution < 1.29 is 9.90 Å². The van der Waals surface area contributed by atoms with Crippen LogP contribution in [0.2, 0.25) is 5.02 Å². The first kappa shape index (κ1) is 13.7. The van der Waals surface area contributed by atoms with Crippen LogP contribution in [-0.4, -0.2) is 17.6 Å². The molecule has 0 spiro atoms. The third-order valence-electron chi connectivity index (χ3n) is 2.41. The van der Waals surface area contributed by atoms with Crippen LogP contribution >= 0.6 is 11.6 Å². The Hall–Kier alpha value is -1.32. The van der Waals surface area contributed by atoms with Crippen LogP contribution in [-0.2, 0) is 4.79 Å². The van der Waals surface area contributed by atoms with Gasteiger partial charge in [0.2, 0.25) is 0 Å². The summed E-state index contributed by atoms with van der Waals surface area (Å²) >= 11 is 5.90. The molecule has 0 aromatic heterocycles. The van der Waals surface area contributed by atoms with Crippen molar-refractivity contribution in [2.75, 3.05) is 6.54 Å². The maximum Gasteiger partial charge on any atom is 0.328 e. The quantitative estimate of drug-likeness (QED) is 0.793. The van der Waals surface area contributed by atoms with Crippen LogP contribution in [0, 0.1) is 0 Å². The first-order chi connectivity index (χ1) is 7.99. The first-order valence-corrected chi connectivity index (χ1v) is 5.76. The van der Waals surface area contributed by atoms with E-state index >= 15 is 0 Å². The van der Waals surface area contributed by atoms with Gasteiger partial charge in [-0.25, -0.2) is 4.79 Å². The summed E-state index contributed by atoms with van der Waals surface area (Å²) in [6, 6.07) is 7.74. The molecule has 0 fully saturated rings. The molecule has 0 saturated carbocycles. The highest BCUT2D eigenvalue weighted by atomic mass is 35.5. The van der Waals surface area contributed by atoms with Crippen LogP contribution in [0.1, 0.15) is 25.5 Å². The van der Waals surface area contributed by atoms with Crippen LogP contribution in [0.4, 0.5) is 0 Å². The van der Waals surface area contributed by atoms with Crippen LogP contribution in [0.3, 0.4) is 0 Å². The molecule has 0 bridgehead atoms. The molecule has 1 aromatic carbocycles. The molecule has 1 rings (SSSR count). The van der Waals surface area contributed by atoms with Gasteiger partial charge in [0.25, 0.3) is 0 Å². The Morgan fingerprint density at radius 2 is 2.29 bits per heavy atom. The van der Waals surface area contributed by atoms with Crippen LogP contribution in [0.15, 0.2) is 35.9 Å². The van der Waals surface area contributed by atoms with Crippen molar-refractivity contribution in [3.63, 3.8) is 0 Å². The Labute approximate surface area is 106 Å². The van der Waals surface area contributed by atoms with Gasteiger partial charge in [0.05, 0.1) is 0 Å². The van der Waals surface area contributed by atoms with Gasteiger partial charge in [-0.15, -0.1) is 0 Å². The van der Waals surface area contributed by atoms with Gasteiger partial charge < -0.3 is 10.4 Å². The maximum absolute atomic E-state index is 10.4. The molecule has 1 unspecified atom stereocenters. The maximum atomic E-state index is 10.4. The number of hydrogen-bond donors (Lipinski definition) is 2. The highest BCUT2D eigenvalue weighted by Gasteiger charge is 2.05. The molecule has 0 heterocycles. The van der Waals surface area contributed by atoms with Gasteiger partial charge in [-0.3, -0.25) is 0 Å². The van der Waals surface area contributed by atoms with Crippen LogP contribution in [0.5, 0.6) is 0 Å². The number of aliphatic carboxylic acids is 1. The molecule has 1 aromatic rings. The topological polar surface area (TPSA) is 49.3 Å². The van der Waals surface area contributed by atoms with Gasteiger partial charge in [-0.2, -0.15) is 0 Å². The van der Waals surface area contributed by atoms with E-state index in [1.165, 1.54) is 6.08 Å². The summed E-state index contributed by atoms with van der Waals surface area (Å²) in [4.78, 5) is 10.4. The zero-order valence-electron chi connectivity index (χ0n) is 9.90. The van der Waals surface area contributed by atoms with Crippen LogP contribution < -0.4 is 5.32 Å². The number of carboxylic acids is 1. The summed E-state index contributed by atoms with van der Waals surface area (Å²) in [5, 5.41) is 12.5. The lowest BCUT2D eigenvalue weighted by Gasteiger charge is -2.14. The number of benzene rings is 1. The molecule has 0 aliphatic heterocycles. The molecule has 4 heteroatoms. The monoisotopic (exact) mass is 253 g/mol. The SMILES string of the molecule is C/C(=C\C(=O)O)CNC(C)c1cccc(Cl)c1. The molecule has 0 aliphatic rings. The van der Waals surface area contributed by atoms with Gasteiger partial charge >= 0.3 is 5.97 Å². The average Bonchev–Trinajstić information content (AvgIpc) is 2.25. The lowest BCUT2D eigenvalue weighted by Crippen LogP contribution is -2.20. The number of halogens is 1. The third kappa shape index (κ3) is 5.02. The first-order valence-electron chi connectivity index (χ1n) is 5.38. The van der Waals surface area contributed by atoms with E-state index < -0.39 is 5.97 Å². The Balaban J connectivity index is 2.56. The molecule has 17 heavy (non-hydrogen) atoms. The second-order valence-electron chi connectivity index (χ2n) is 3.99. The fraction of sp³-hybridized carbons (Fsp3) is 0.308. The second-order valence-corrected chi connectivity index (χ2v) is 4.42. The molecule has 1 atom stereocenters. The van der Waals surface area contributed by atoms with E-state index in [4.69, 9.17) is 16.7 Å². The second kappa shape index (κ2) is 6.42. The van der Waals surface area contributed by atoms with E-state index in [9.17, 15) is 4.79 Å². The number of hydrogen-bond acceptors (Lipinski definition) is 2. The van der Waals surface area contributed by atoms with Gasteiger partial charge in [-0.1, -0.05) is 29.3 Å². The summed E-state index contributed by atoms with van der Waals surface area (Å²) in [5.41, 5.74) is 1.87. The standard InChI is InChI=1S/C13H16ClNO2/c1-9(6-13(16)17)8-15-10(2)11-4-3-5-12(14)7-11/h3-7,10,15H,8H2,1-2H3,(H,16,17)/b9-6+. The predicted molar refractivity (Wildman–Crippen MR) is 69.3 cm³/mol. The molecule has 0 saturated heterocycles. The molecule has 0 aliphatic carbocycles. The average molecular weight is 254 g/mol. The molecule has 3 nitrogen and oxygen atoms in total. The van der Waals surface area contributed by atoms with Crippen molar-refractivity contribution in [1.29, 1.82) is 0 Å². The summed E-state index contributed by atoms with van der Waals surface area (Å²) in [5.74, 6) is -0.917. The Bertz CT molecular complexity index is 429. The van der Waals surface area contributed by atoms with Gasteiger partial charge in [0.15, 0.2) is 0 Å². The lowest BCUT2D eigenvalue weighted by molar-refractivity contribution is -0.131. The van der Waals surface area contributed by atoms with Crippen molar-refractivity contribution in [3.05, 3.63) is 46.5 Å². The summed E-state index contributed by atoms with van der Waals surface area (Å²) in [7, 11) is 0. The van der Waals surface area contributed by atoms with Crippen molar-refractivity contribution in [2.45, 2.75) is 19.9 Å². The van der Waals surface area contributed by atoms with Gasteiger partial charge in [0.1, 0.15) is 0 Å². The van der Waals surface area contributed by atoms with E-state index in [-0.39, 0.29) is 6.04 Å². The van der Waals surface area contributed by atoms with Crippen molar-refractivity contribution in [2.24, 2.45) is 0 Å². The minimum Gasteiger partial charge on any atom is -0.478 e. The summed E-state index contributed by atoms with van der Waals surface area (Å²) < 4.78 is 0. The molecule has 0 radical (unpaired) electrons. The predicted octanol–water partition coefficient (Wildman–Crippen LogP) is 3.02. The third-order valence-corrected chi connectivity index (χ3v) is 2.64.